The lowest BCUT2D eigenvalue weighted by molar-refractivity contribution is -0.119. The number of anilines is 1. The summed E-state index contributed by atoms with van der Waals surface area (Å²) in [5.41, 5.74) is 1.28. The van der Waals surface area contributed by atoms with Crippen LogP contribution >= 0.6 is 24.0 Å². The van der Waals surface area contributed by atoms with Crippen molar-refractivity contribution in [2.45, 2.75) is 24.5 Å². The van der Waals surface area contributed by atoms with Crippen LogP contribution in [0.1, 0.15) is 18.4 Å². The molecule has 1 fully saturated rings. The molecular weight excluding hydrogens is 347 g/mol. The van der Waals surface area contributed by atoms with Crippen molar-refractivity contribution in [1.82, 2.24) is 5.32 Å². The molecule has 8 heteroatoms. The average Bonchev–Trinajstić information content (AvgIpc) is 2.43. The van der Waals surface area contributed by atoms with Crippen LogP contribution in [-0.4, -0.2) is 38.4 Å². The first-order chi connectivity index (χ1) is 9.78. The number of benzene rings is 1. The quantitative estimate of drug-likeness (QED) is 0.859. The predicted molar refractivity (Wildman–Crippen MR) is 91.7 cm³/mol. The Morgan fingerprint density at radius 3 is 2.45 bits per heavy atom. The summed E-state index contributed by atoms with van der Waals surface area (Å²) in [5.74, 6) is -0.475. The van der Waals surface area contributed by atoms with E-state index in [1.54, 1.807) is 25.1 Å². The number of hydrogen-bond donors (Lipinski definition) is 2. The first-order valence-corrected chi connectivity index (χ1v) is 9.02. The maximum Gasteiger partial charge on any atom is 0.245 e. The summed E-state index contributed by atoms with van der Waals surface area (Å²) in [7, 11) is -3.51. The summed E-state index contributed by atoms with van der Waals surface area (Å²) >= 11 is 6.03. The minimum atomic E-state index is -3.51. The van der Waals surface area contributed by atoms with Gasteiger partial charge in [-0.05, 0) is 50.6 Å². The minimum absolute atomic E-state index is 0. The highest BCUT2D eigenvalue weighted by Crippen LogP contribution is 2.31. The van der Waals surface area contributed by atoms with E-state index in [0.717, 1.165) is 11.8 Å². The van der Waals surface area contributed by atoms with E-state index in [1.165, 1.54) is 0 Å². The molecule has 1 amide bonds. The third-order valence-electron chi connectivity index (χ3n) is 4.05. The second kappa shape index (κ2) is 7.17. The molecule has 1 saturated heterocycles. The predicted octanol–water partition coefficient (Wildman–Crippen LogP) is 2.18. The molecular formula is C14H20Cl2N2O3S. The molecule has 0 radical (unpaired) electrons. The molecule has 1 aliphatic heterocycles. The van der Waals surface area contributed by atoms with E-state index < -0.39 is 20.5 Å². The van der Waals surface area contributed by atoms with Crippen molar-refractivity contribution in [2.24, 2.45) is 0 Å². The number of hydrogen-bond acceptors (Lipinski definition) is 4. The van der Waals surface area contributed by atoms with E-state index in [-0.39, 0.29) is 25.2 Å². The smallest absolute Gasteiger partial charge is 0.245 e. The zero-order chi connectivity index (χ0) is 15.7. The van der Waals surface area contributed by atoms with E-state index in [0.29, 0.717) is 23.8 Å². The molecule has 5 nitrogen and oxygen atoms in total. The van der Waals surface area contributed by atoms with Crippen LogP contribution in [0.2, 0.25) is 5.02 Å². The number of piperidine rings is 1. The molecule has 2 rings (SSSR count). The zero-order valence-corrected chi connectivity index (χ0v) is 14.9. The Bertz CT molecular complexity index is 656. The van der Waals surface area contributed by atoms with Crippen molar-refractivity contribution in [3.63, 3.8) is 0 Å². The standard InChI is InChI=1S/C14H19ClN2O3S.ClH/c1-10-11(15)4-3-5-12(10)17-13(18)14(21(2,19)20)6-8-16-9-7-14;/h3-5,16H,6-9H2,1-2H3,(H,17,18);1H. The minimum Gasteiger partial charge on any atom is -0.324 e. The molecule has 1 aromatic carbocycles. The Hall–Kier alpha value is -0.820. The summed E-state index contributed by atoms with van der Waals surface area (Å²) < 4.78 is 23.0. The number of rotatable bonds is 3. The van der Waals surface area contributed by atoms with E-state index in [2.05, 4.69) is 10.6 Å². The first-order valence-electron chi connectivity index (χ1n) is 6.75. The lowest BCUT2D eigenvalue weighted by Gasteiger charge is -2.34. The van der Waals surface area contributed by atoms with Crippen LogP contribution in [0.4, 0.5) is 5.69 Å². The molecule has 0 saturated carbocycles. The zero-order valence-electron chi connectivity index (χ0n) is 12.5. The van der Waals surface area contributed by atoms with Crippen LogP contribution < -0.4 is 10.6 Å². The number of nitrogens with one attached hydrogen (secondary N) is 2. The normalized spacial score (nSPS) is 17.4. The Labute approximate surface area is 142 Å². The third kappa shape index (κ3) is 3.56. The van der Waals surface area contributed by atoms with Gasteiger partial charge in [-0.3, -0.25) is 4.79 Å². The van der Waals surface area contributed by atoms with Crippen LogP contribution in [0.3, 0.4) is 0 Å². The number of halogens is 2. The molecule has 0 atom stereocenters. The Morgan fingerprint density at radius 2 is 1.91 bits per heavy atom. The van der Waals surface area contributed by atoms with Gasteiger partial charge in [-0.15, -0.1) is 12.4 Å². The van der Waals surface area contributed by atoms with Crippen molar-refractivity contribution in [3.05, 3.63) is 28.8 Å². The van der Waals surface area contributed by atoms with Gasteiger partial charge in [0.15, 0.2) is 14.6 Å². The Balaban J connectivity index is 0.00000242. The summed E-state index contributed by atoms with van der Waals surface area (Å²) in [6.07, 6.45) is 1.68. The fourth-order valence-electron chi connectivity index (χ4n) is 2.58. The highest BCUT2D eigenvalue weighted by Gasteiger charge is 2.48. The highest BCUT2D eigenvalue weighted by molar-refractivity contribution is 7.92. The van der Waals surface area contributed by atoms with E-state index in [1.807, 2.05) is 0 Å². The first kappa shape index (κ1) is 19.2. The van der Waals surface area contributed by atoms with E-state index in [9.17, 15) is 13.2 Å². The third-order valence-corrected chi connectivity index (χ3v) is 6.47. The van der Waals surface area contributed by atoms with Crippen LogP contribution in [0.25, 0.3) is 0 Å². The molecule has 124 valence electrons. The summed E-state index contributed by atoms with van der Waals surface area (Å²) in [6.45, 7) is 2.80. The number of carbonyl (C=O) groups excluding carboxylic acids is 1. The van der Waals surface area contributed by atoms with Gasteiger partial charge in [0, 0.05) is 17.0 Å². The second-order valence-corrected chi connectivity index (χ2v) is 8.12. The van der Waals surface area contributed by atoms with Gasteiger partial charge in [-0.1, -0.05) is 17.7 Å². The molecule has 0 aliphatic carbocycles. The molecule has 22 heavy (non-hydrogen) atoms. The van der Waals surface area contributed by atoms with Crippen molar-refractivity contribution in [1.29, 1.82) is 0 Å². The molecule has 1 aliphatic rings. The van der Waals surface area contributed by atoms with E-state index >= 15 is 0 Å². The Morgan fingerprint density at radius 1 is 1.32 bits per heavy atom. The number of amides is 1. The van der Waals surface area contributed by atoms with Gasteiger partial charge in [0.2, 0.25) is 5.91 Å². The van der Waals surface area contributed by atoms with Crippen LogP contribution in [0.5, 0.6) is 0 Å². The largest absolute Gasteiger partial charge is 0.324 e. The van der Waals surface area contributed by atoms with Gasteiger partial charge >= 0.3 is 0 Å². The summed E-state index contributed by atoms with van der Waals surface area (Å²) in [6, 6.07) is 5.17. The molecule has 0 spiro atoms. The van der Waals surface area contributed by atoms with Crippen LogP contribution in [0, 0.1) is 6.92 Å². The molecule has 0 unspecified atom stereocenters. The SMILES string of the molecule is Cc1c(Cl)cccc1NC(=O)C1(S(C)(=O)=O)CCNCC1.Cl. The van der Waals surface area contributed by atoms with Crippen LogP contribution in [-0.2, 0) is 14.6 Å². The molecule has 1 heterocycles. The molecule has 0 bridgehead atoms. The van der Waals surface area contributed by atoms with Crippen molar-refractivity contribution in [2.75, 3.05) is 24.7 Å². The van der Waals surface area contributed by atoms with E-state index in [4.69, 9.17) is 11.6 Å². The number of sulfone groups is 1. The van der Waals surface area contributed by atoms with Gasteiger partial charge in [0.1, 0.15) is 0 Å². The van der Waals surface area contributed by atoms with Gasteiger partial charge in [0.25, 0.3) is 0 Å². The average molecular weight is 367 g/mol. The fourth-order valence-corrected chi connectivity index (χ4v) is 4.08. The molecule has 2 N–H and O–H groups in total. The number of carbonyl (C=O) groups is 1. The lowest BCUT2D eigenvalue weighted by atomic mass is 9.95. The lowest BCUT2D eigenvalue weighted by Crippen LogP contribution is -2.55. The fraction of sp³-hybridized carbons (Fsp3) is 0.500. The molecule has 1 aromatic rings. The van der Waals surface area contributed by atoms with Crippen molar-refractivity contribution >= 4 is 45.4 Å². The van der Waals surface area contributed by atoms with Gasteiger partial charge in [-0.25, -0.2) is 8.42 Å². The highest BCUT2D eigenvalue weighted by atomic mass is 35.5. The maximum atomic E-state index is 12.6. The monoisotopic (exact) mass is 366 g/mol. The van der Waals surface area contributed by atoms with Gasteiger partial charge in [-0.2, -0.15) is 0 Å². The van der Waals surface area contributed by atoms with Crippen molar-refractivity contribution < 1.29 is 13.2 Å². The molecule has 0 aromatic heterocycles. The van der Waals surface area contributed by atoms with Crippen molar-refractivity contribution in [3.8, 4) is 0 Å². The van der Waals surface area contributed by atoms with Gasteiger partial charge < -0.3 is 10.6 Å². The maximum absolute atomic E-state index is 12.6. The topological polar surface area (TPSA) is 75.3 Å². The second-order valence-electron chi connectivity index (χ2n) is 5.38. The summed E-state index contributed by atoms with van der Waals surface area (Å²) in [5, 5.41) is 6.36. The van der Waals surface area contributed by atoms with Gasteiger partial charge in [0.05, 0.1) is 0 Å². The van der Waals surface area contributed by atoms with Crippen LogP contribution in [0.15, 0.2) is 18.2 Å². The Kier molecular flexibility index (Phi) is 6.27. The summed E-state index contributed by atoms with van der Waals surface area (Å²) in [4.78, 5) is 12.6.